The molecule has 108 valence electrons. The van der Waals surface area contributed by atoms with Gasteiger partial charge in [0.1, 0.15) is 0 Å². The number of benzene rings is 1. The fraction of sp³-hybridized carbons (Fsp3) is 0.600. The van der Waals surface area contributed by atoms with Crippen LogP contribution < -0.4 is 5.32 Å². The first-order chi connectivity index (χ1) is 8.79. The average molecular weight is 286 g/mol. The third kappa shape index (κ3) is 6.39. The predicted molar refractivity (Wildman–Crippen MR) is 79.6 cm³/mol. The molecule has 0 aliphatic heterocycles. The Hall–Kier alpha value is -0.610. The maximum absolute atomic E-state index is 9.86. The van der Waals surface area contributed by atoms with Gasteiger partial charge in [-0.1, -0.05) is 29.8 Å². The lowest BCUT2D eigenvalue weighted by atomic mass is 10.1. The summed E-state index contributed by atoms with van der Waals surface area (Å²) in [5, 5.41) is 13.9. The normalized spacial score (nSPS) is 15.3. The van der Waals surface area contributed by atoms with Crippen molar-refractivity contribution in [2.45, 2.75) is 45.4 Å². The standard InChI is InChI=1S/C15H24ClNO2/c1-11(13-7-5-6-8-14(13)16)17-9-12(18)10-19-15(2,3)4/h5-8,11-12,17-18H,9-10H2,1-4H3. The molecule has 2 N–H and O–H groups in total. The van der Waals surface area contributed by atoms with E-state index >= 15 is 0 Å². The van der Waals surface area contributed by atoms with E-state index in [1.807, 2.05) is 52.0 Å². The van der Waals surface area contributed by atoms with E-state index in [2.05, 4.69) is 5.32 Å². The van der Waals surface area contributed by atoms with Crippen molar-refractivity contribution in [3.8, 4) is 0 Å². The lowest BCUT2D eigenvalue weighted by molar-refractivity contribution is -0.0482. The zero-order valence-electron chi connectivity index (χ0n) is 12.1. The molecule has 2 atom stereocenters. The average Bonchev–Trinajstić information content (AvgIpc) is 2.33. The maximum Gasteiger partial charge on any atom is 0.0898 e. The van der Waals surface area contributed by atoms with E-state index in [-0.39, 0.29) is 11.6 Å². The minimum atomic E-state index is -0.524. The second kappa shape index (κ2) is 7.25. The molecule has 1 rings (SSSR count). The van der Waals surface area contributed by atoms with E-state index < -0.39 is 6.10 Å². The van der Waals surface area contributed by atoms with Gasteiger partial charge in [0, 0.05) is 17.6 Å². The molecule has 1 aromatic carbocycles. The Balaban J connectivity index is 2.38. The Morgan fingerprint density at radius 1 is 1.32 bits per heavy atom. The summed E-state index contributed by atoms with van der Waals surface area (Å²) in [5.74, 6) is 0. The van der Waals surface area contributed by atoms with Crippen molar-refractivity contribution in [2.75, 3.05) is 13.2 Å². The van der Waals surface area contributed by atoms with Crippen LogP contribution in [0.25, 0.3) is 0 Å². The number of nitrogens with one attached hydrogen (secondary N) is 1. The molecule has 19 heavy (non-hydrogen) atoms. The Kier molecular flexibility index (Phi) is 6.27. The Labute approximate surface area is 120 Å². The number of aliphatic hydroxyl groups excluding tert-OH is 1. The first-order valence-corrected chi connectivity index (χ1v) is 6.97. The first kappa shape index (κ1) is 16.4. The quantitative estimate of drug-likeness (QED) is 0.843. The summed E-state index contributed by atoms with van der Waals surface area (Å²) in [4.78, 5) is 0. The smallest absolute Gasteiger partial charge is 0.0898 e. The van der Waals surface area contributed by atoms with Gasteiger partial charge in [-0.25, -0.2) is 0 Å². The number of hydrogen-bond donors (Lipinski definition) is 2. The first-order valence-electron chi connectivity index (χ1n) is 6.59. The minimum Gasteiger partial charge on any atom is -0.389 e. The van der Waals surface area contributed by atoms with E-state index in [4.69, 9.17) is 16.3 Å². The predicted octanol–water partition coefficient (Wildman–Crippen LogP) is 3.17. The van der Waals surface area contributed by atoms with Crippen LogP contribution in [0.5, 0.6) is 0 Å². The van der Waals surface area contributed by atoms with Crippen molar-refractivity contribution in [2.24, 2.45) is 0 Å². The Bertz CT molecular complexity index is 390. The van der Waals surface area contributed by atoms with E-state index in [0.29, 0.717) is 13.2 Å². The molecule has 0 saturated heterocycles. The van der Waals surface area contributed by atoms with Crippen LogP contribution >= 0.6 is 11.6 Å². The minimum absolute atomic E-state index is 0.0954. The van der Waals surface area contributed by atoms with Gasteiger partial charge in [-0.05, 0) is 39.3 Å². The molecule has 0 fully saturated rings. The maximum atomic E-state index is 9.86. The lowest BCUT2D eigenvalue weighted by Crippen LogP contribution is -2.34. The third-order valence-corrected chi connectivity index (χ3v) is 3.08. The molecular weight excluding hydrogens is 262 g/mol. The van der Waals surface area contributed by atoms with Gasteiger partial charge >= 0.3 is 0 Å². The highest BCUT2D eigenvalue weighted by atomic mass is 35.5. The molecule has 0 aliphatic rings. The fourth-order valence-electron chi connectivity index (χ4n) is 1.65. The van der Waals surface area contributed by atoms with Crippen molar-refractivity contribution >= 4 is 11.6 Å². The van der Waals surface area contributed by atoms with Gasteiger partial charge in [-0.2, -0.15) is 0 Å². The van der Waals surface area contributed by atoms with Gasteiger partial charge in [0.05, 0.1) is 18.3 Å². The molecule has 0 bridgehead atoms. The molecule has 0 heterocycles. The molecule has 3 nitrogen and oxygen atoms in total. The van der Waals surface area contributed by atoms with E-state index in [9.17, 15) is 5.11 Å². The summed E-state index contributed by atoms with van der Waals surface area (Å²) in [6.07, 6.45) is -0.524. The van der Waals surface area contributed by atoms with Crippen LogP contribution in [0.1, 0.15) is 39.3 Å². The highest BCUT2D eigenvalue weighted by molar-refractivity contribution is 6.31. The fourth-order valence-corrected chi connectivity index (χ4v) is 1.95. The third-order valence-electron chi connectivity index (χ3n) is 2.74. The van der Waals surface area contributed by atoms with Gasteiger partial charge in [0.15, 0.2) is 0 Å². The second-order valence-corrected chi connectivity index (χ2v) is 6.14. The zero-order chi connectivity index (χ0) is 14.5. The molecule has 0 spiro atoms. The molecule has 0 amide bonds. The number of ether oxygens (including phenoxy) is 1. The largest absolute Gasteiger partial charge is 0.389 e. The molecule has 2 unspecified atom stereocenters. The van der Waals surface area contributed by atoms with E-state index in [0.717, 1.165) is 10.6 Å². The van der Waals surface area contributed by atoms with Crippen molar-refractivity contribution in [3.63, 3.8) is 0 Å². The van der Waals surface area contributed by atoms with Crippen LogP contribution in [0.2, 0.25) is 5.02 Å². The van der Waals surface area contributed by atoms with Gasteiger partial charge in [-0.15, -0.1) is 0 Å². The number of halogens is 1. The molecule has 1 aromatic rings. The van der Waals surface area contributed by atoms with Crippen LogP contribution in [0.4, 0.5) is 0 Å². The Morgan fingerprint density at radius 3 is 2.53 bits per heavy atom. The number of rotatable bonds is 6. The van der Waals surface area contributed by atoms with Crippen molar-refractivity contribution < 1.29 is 9.84 Å². The molecule has 0 radical (unpaired) electrons. The highest BCUT2D eigenvalue weighted by Crippen LogP contribution is 2.21. The van der Waals surface area contributed by atoms with Gasteiger partial charge in [-0.3, -0.25) is 0 Å². The highest BCUT2D eigenvalue weighted by Gasteiger charge is 2.15. The van der Waals surface area contributed by atoms with Gasteiger partial charge < -0.3 is 15.2 Å². The van der Waals surface area contributed by atoms with Crippen LogP contribution in [0, 0.1) is 0 Å². The van der Waals surface area contributed by atoms with E-state index in [1.54, 1.807) is 0 Å². The van der Waals surface area contributed by atoms with Crippen LogP contribution in [-0.2, 0) is 4.74 Å². The SMILES string of the molecule is CC(NCC(O)COC(C)(C)C)c1ccccc1Cl. The summed E-state index contributed by atoms with van der Waals surface area (Å²) < 4.78 is 5.54. The van der Waals surface area contributed by atoms with Crippen LogP contribution in [-0.4, -0.2) is 30.0 Å². The molecule has 0 aromatic heterocycles. The number of hydrogen-bond acceptors (Lipinski definition) is 3. The summed E-state index contributed by atoms with van der Waals surface area (Å²) in [5.41, 5.74) is 0.808. The lowest BCUT2D eigenvalue weighted by Gasteiger charge is -2.23. The summed E-state index contributed by atoms with van der Waals surface area (Å²) >= 11 is 6.13. The van der Waals surface area contributed by atoms with Crippen molar-refractivity contribution in [1.82, 2.24) is 5.32 Å². The molecule has 4 heteroatoms. The van der Waals surface area contributed by atoms with E-state index in [1.165, 1.54) is 0 Å². The summed E-state index contributed by atoms with van der Waals surface area (Å²) in [7, 11) is 0. The summed E-state index contributed by atoms with van der Waals surface area (Å²) in [6, 6.07) is 7.81. The zero-order valence-corrected chi connectivity index (χ0v) is 12.9. The monoisotopic (exact) mass is 285 g/mol. The summed E-state index contributed by atoms with van der Waals surface area (Å²) in [6.45, 7) is 8.74. The van der Waals surface area contributed by atoms with Gasteiger partial charge in [0.2, 0.25) is 0 Å². The molecule has 0 saturated carbocycles. The topological polar surface area (TPSA) is 41.5 Å². The molecule has 0 aliphatic carbocycles. The molecular formula is C15H24ClNO2. The number of aliphatic hydroxyl groups is 1. The van der Waals surface area contributed by atoms with Crippen molar-refractivity contribution in [3.05, 3.63) is 34.9 Å². The van der Waals surface area contributed by atoms with Crippen LogP contribution in [0.3, 0.4) is 0 Å². The van der Waals surface area contributed by atoms with Crippen molar-refractivity contribution in [1.29, 1.82) is 0 Å². The van der Waals surface area contributed by atoms with Gasteiger partial charge in [0.25, 0.3) is 0 Å². The second-order valence-electron chi connectivity index (χ2n) is 5.73. The Morgan fingerprint density at radius 2 is 1.95 bits per heavy atom. The van der Waals surface area contributed by atoms with Crippen LogP contribution in [0.15, 0.2) is 24.3 Å².